The number of hydrogen-bond acceptors (Lipinski definition) is 5. The van der Waals surface area contributed by atoms with Crippen molar-refractivity contribution in [3.8, 4) is 5.75 Å². The summed E-state index contributed by atoms with van der Waals surface area (Å²) < 4.78 is 5.80. The highest BCUT2D eigenvalue weighted by atomic mass is 16.5. The van der Waals surface area contributed by atoms with Crippen LogP contribution < -0.4 is 15.0 Å². The summed E-state index contributed by atoms with van der Waals surface area (Å²) >= 11 is 0. The van der Waals surface area contributed by atoms with E-state index in [1.54, 1.807) is 6.07 Å². The van der Waals surface area contributed by atoms with Gasteiger partial charge in [0, 0.05) is 18.8 Å². The van der Waals surface area contributed by atoms with Crippen LogP contribution in [0.15, 0.2) is 97.1 Å². The molecule has 0 unspecified atom stereocenters. The number of nitrogens with zero attached hydrogens (tertiary/aromatic N) is 3. The molecular weight excluding hydrogens is 448 g/mol. The first-order valence-corrected chi connectivity index (χ1v) is 12.4. The Labute approximate surface area is 212 Å². The number of ether oxygens (including phenoxy) is 1. The molecule has 0 saturated carbocycles. The molecular formula is C30H30N4O2. The van der Waals surface area contributed by atoms with Crippen LogP contribution in [0.4, 0.5) is 11.5 Å². The van der Waals surface area contributed by atoms with Crippen molar-refractivity contribution in [2.24, 2.45) is 5.92 Å². The Morgan fingerprint density at radius 2 is 1.47 bits per heavy atom. The third-order valence-electron chi connectivity index (χ3n) is 6.55. The molecule has 0 aliphatic carbocycles. The Morgan fingerprint density at radius 1 is 0.806 bits per heavy atom. The van der Waals surface area contributed by atoms with Crippen LogP contribution >= 0.6 is 0 Å². The summed E-state index contributed by atoms with van der Waals surface area (Å²) in [6.07, 6.45) is 3.38. The molecule has 6 nitrogen and oxygen atoms in total. The maximum absolute atomic E-state index is 12.7. The van der Waals surface area contributed by atoms with E-state index in [9.17, 15) is 4.79 Å². The quantitative estimate of drug-likeness (QED) is 0.348. The first kappa shape index (κ1) is 23.5. The second-order valence-electron chi connectivity index (χ2n) is 9.15. The lowest BCUT2D eigenvalue weighted by molar-refractivity contribution is 0.102. The molecule has 1 aliphatic rings. The monoisotopic (exact) mass is 478 g/mol. The highest BCUT2D eigenvalue weighted by Gasteiger charge is 2.21. The average molecular weight is 479 g/mol. The Morgan fingerprint density at radius 3 is 2.11 bits per heavy atom. The summed E-state index contributed by atoms with van der Waals surface area (Å²) in [7, 11) is 0. The molecule has 182 valence electrons. The fraction of sp³-hybridized carbons (Fsp3) is 0.233. The van der Waals surface area contributed by atoms with Gasteiger partial charge in [-0.15, -0.1) is 10.2 Å². The molecule has 1 aliphatic heterocycles. The summed E-state index contributed by atoms with van der Waals surface area (Å²) in [4.78, 5) is 14.9. The van der Waals surface area contributed by atoms with E-state index in [0.29, 0.717) is 23.9 Å². The summed E-state index contributed by atoms with van der Waals surface area (Å²) in [6, 6.07) is 31.6. The minimum Gasteiger partial charge on any atom is -0.489 e. The van der Waals surface area contributed by atoms with Gasteiger partial charge in [-0.2, -0.15) is 0 Å². The minimum atomic E-state index is -0.284. The number of carbonyl (C=O) groups excluding carboxylic acids is 1. The van der Waals surface area contributed by atoms with Crippen LogP contribution in [0.25, 0.3) is 0 Å². The van der Waals surface area contributed by atoms with Gasteiger partial charge in [0.2, 0.25) is 0 Å². The maximum Gasteiger partial charge on any atom is 0.276 e. The van der Waals surface area contributed by atoms with E-state index in [1.165, 1.54) is 5.56 Å². The summed E-state index contributed by atoms with van der Waals surface area (Å²) in [5, 5.41) is 11.4. The third kappa shape index (κ3) is 6.27. The van der Waals surface area contributed by atoms with Crippen molar-refractivity contribution >= 4 is 17.4 Å². The molecule has 1 amide bonds. The first-order valence-electron chi connectivity index (χ1n) is 12.4. The van der Waals surface area contributed by atoms with Crippen LogP contribution in [0, 0.1) is 5.92 Å². The van der Waals surface area contributed by atoms with Gasteiger partial charge in [0.05, 0.1) is 0 Å². The number of piperidine rings is 1. The third-order valence-corrected chi connectivity index (χ3v) is 6.55. The zero-order valence-corrected chi connectivity index (χ0v) is 20.2. The fourth-order valence-corrected chi connectivity index (χ4v) is 4.50. The number of amides is 1. The number of nitrogens with one attached hydrogen (secondary N) is 1. The highest BCUT2D eigenvalue weighted by molar-refractivity contribution is 6.02. The minimum absolute atomic E-state index is 0.284. The van der Waals surface area contributed by atoms with Crippen LogP contribution in [-0.4, -0.2) is 29.2 Å². The van der Waals surface area contributed by atoms with Crippen molar-refractivity contribution < 1.29 is 9.53 Å². The predicted octanol–water partition coefficient (Wildman–Crippen LogP) is 5.77. The molecule has 0 bridgehead atoms. The van der Waals surface area contributed by atoms with Gasteiger partial charge in [-0.05, 0) is 72.7 Å². The number of rotatable bonds is 8. The van der Waals surface area contributed by atoms with Gasteiger partial charge >= 0.3 is 0 Å². The van der Waals surface area contributed by atoms with Crippen molar-refractivity contribution in [2.45, 2.75) is 25.9 Å². The number of aromatic nitrogens is 2. The SMILES string of the molecule is O=C(Nc1ccc(OCc2ccccc2)cc1)c1ccc(N2CCC(Cc3ccccc3)CC2)nn1. The molecule has 3 aromatic carbocycles. The molecule has 1 fully saturated rings. The van der Waals surface area contributed by atoms with Crippen molar-refractivity contribution in [1.29, 1.82) is 0 Å². The normalized spacial score (nSPS) is 13.8. The van der Waals surface area contributed by atoms with Gasteiger partial charge in [0.15, 0.2) is 11.5 Å². The molecule has 6 heteroatoms. The smallest absolute Gasteiger partial charge is 0.276 e. The van der Waals surface area contributed by atoms with Gasteiger partial charge < -0.3 is 15.0 Å². The van der Waals surface area contributed by atoms with Crippen LogP contribution in [-0.2, 0) is 13.0 Å². The second kappa shape index (κ2) is 11.5. The molecule has 36 heavy (non-hydrogen) atoms. The lowest BCUT2D eigenvalue weighted by atomic mass is 9.90. The summed E-state index contributed by atoms with van der Waals surface area (Å²) in [6.45, 7) is 2.41. The molecule has 0 radical (unpaired) electrons. The van der Waals surface area contributed by atoms with Gasteiger partial charge in [0.1, 0.15) is 12.4 Å². The zero-order valence-electron chi connectivity index (χ0n) is 20.2. The van der Waals surface area contributed by atoms with Crippen molar-refractivity contribution in [1.82, 2.24) is 10.2 Å². The van der Waals surface area contributed by atoms with E-state index >= 15 is 0 Å². The first-order chi connectivity index (χ1) is 17.7. The summed E-state index contributed by atoms with van der Waals surface area (Å²) in [5.41, 5.74) is 3.48. The average Bonchev–Trinajstić information content (AvgIpc) is 2.94. The van der Waals surface area contributed by atoms with Crippen LogP contribution in [0.3, 0.4) is 0 Å². The number of hydrogen-bond donors (Lipinski definition) is 1. The van der Waals surface area contributed by atoms with Crippen LogP contribution in [0.5, 0.6) is 5.75 Å². The van der Waals surface area contributed by atoms with Crippen molar-refractivity contribution in [3.05, 3.63) is 114 Å². The molecule has 1 saturated heterocycles. The molecule has 1 aromatic heterocycles. The standard InChI is InChI=1S/C30H30N4O2/c35-30(31-26-11-13-27(14-12-26)36-22-25-9-5-2-6-10-25)28-15-16-29(33-32-28)34-19-17-24(18-20-34)21-23-7-3-1-4-8-23/h1-16,24H,17-22H2,(H,31,35). The molecule has 4 aromatic rings. The fourth-order valence-electron chi connectivity index (χ4n) is 4.50. The maximum atomic E-state index is 12.7. The Hall–Kier alpha value is -4.19. The number of benzene rings is 3. The van der Waals surface area contributed by atoms with Crippen molar-refractivity contribution in [2.75, 3.05) is 23.3 Å². The van der Waals surface area contributed by atoms with E-state index in [-0.39, 0.29) is 5.91 Å². The highest BCUT2D eigenvalue weighted by Crippen LogP contribution is 2.24. The Kier molecular flexibility index (Phi) is 7.52. The summed E-state index contributed by atoms with van der Waals surface area (Å²) in [5.74, 6) is 1.98. The molecule has 0 spiro atoms. The van der Waals surface area contributed by atoms with E-state index in [4.69, 9.17) is 4.74 Å². The lowest BCUT2D eigenvalue weighted by Crippen LogP contribution is -2.35. The van der Waals surface area contributed by atoms with Gasteiger partial charge in [-0.25, -0.2) is 0 Å². The predicted molar refractivity (Wildman–Crippen MR) is 142 cm³/mol. The van der Waals surface area contributed by atoms with Crippen molar-refractivity contribution in [3.63, 3.8) is 0 Å². The van der Waals surface area contributed by atoms with E-state index in [1.807, 2.05) is 60.7 Å². The van der Waals surface area contributed by atoms with E-state index < -0.39 is 0 Å². The topological polar surface area (TPSA) is 67.3 Å². The van der Waals surface area contributed by atoms with E-state index in [2.05, 4.69) is 50.7 Å². The van der Waals surface area contributed by atoms with Crippen LogP contribution in [0.1, 0.15) is 34.5 Å². The van der Waals surface area contributed by atoms with E-state index in [0.717, 1.165) is 49.5 Å². The van der Waals surface area contributed by atoms with Crippen LogP contribution in [0.2, 0.25) is 0 Å². The van der Waals surface area contributed by atoms with Gasteiger partial charge in [-0.3, -0.25) is 4.79 Å². The lowest BCUT2D eigenvalue weighted by Gasteiger charge is -2.32. The molecule has 0 atom stereocenters. The Bertz CT molecular complexity index is 1240. The number of anilines is 2. The van der Waals surface area contributed by atoms with Gasteiger partial charge in [-0.1, -0.05) is 60.7 Å². The molecule has 5 rings (SSSR count). The Balaban J connectivity index is 1.10. The molecule has 2 heterocycles. The zero-order chi connectivity index (χ0) is 24.6. The largest absolute Gasteiger partial charge is 0.489 e. The van der Waals surface area contributed by atoms with Gasteiger partial charge in [0.25, 0.3) is 5.91 Å². The second-order valence-corrected chi connectivity index (χ2v) is 9.15. The number of carbonyl (C=O) groups is 1. The molecule has 1 N–H and O–H groups in total.